The van der Waals surface area contributed by atoms with Gasteiger partial charge in [-0.3, -0.25) is 4.79 Å². The van der Waals surface area contributed by atoms with Gasteiger partial charge in [0.05, 0.1) is 5.69 Å². The first kappa shape index (κ1) is 15.6. The Morgan fingerprint density at radius 1 is 1.05 bits per heavy atom. The average molecular weight is 370 g/mol. The largest absolute Gasteiger partial charge is 0.371 e. The van der Waals surface area contributed by atoms with E-state index in [1.165, 1.54) is 12.8 Å². The number of benzene rings is 1. The Morgan fingerprint density at radius 3 is 2.23 bits per heavy atom. The van der Waals surface area contributed by atoms with Crippen LogP contribution in [0.2, 0.25) is 0 Å². The summed E-state index contributed by atoms with van der Waals surface area (Å²) in [7, 11) is 0. The van der Waals surface area contributed by atoms with Crippen molar-refractivity contribution in [2.24, 2.45) is 0 Å². The fraction of sp³-hybridized carbons (Fsp3) is 0.562. The number of rotatable bonds is 2. The van der Waals surface area contributed by atoms with Crippen LogP contribution in [0, 0.1) is 5.82 Å². The van der Waals surface area contributed by atoms with Crippen molar-refractivity contribution in [3.05, 3.63) is 22.4 Å². The van der Waals surface area contributed by atoms with Crippen LogP contribution in [-0.2, 0) is 4.79 Å². The zero-order valence-corrected chi connectivity index (χ0v) is 14.4. The molecule has 0 unspecified atom stereocenters. The highest BCUT2D eigenvalue weighted by molar-refractivity contribution is 9.10. The van der Waals surface area contributed by atoms with Crippen molar-refractivity contribution in [2.45, 2.75) is 19.8 Å². The van der Waals surface area contributed by atoms with E-state index >= 15 is 0 Å². The Morgan fingerprint density at radius 2 is 1.68 bits per heavy atom. The number of hydrogen-bond acceptors (Lipinski definition) is 3. The smallest absolute Gasteiger partial charge is 0.219 e. The second-order valence-corrected chi connectivity index (χ2v) is 6.80. The van der Waals surface area contributed by atoms with Gasteiger partial charge >= 0.3 is 0 Å². The molecule has 3 rings (SSSR count). The van der Waals surface area contributed by atoms with Crippen LogP contribution in [0.25, 0.3) is 0 Å². The molecule has 0 bridgehead atoms. The number of nitrogens with zero attached hydrogens (tertiary/aromatic N) is 3. The third kappa shape index (κ3) is 3.07. The first-order valence-electron chi connectivity index (χ1n) is 7.80. The minimum Gasteiger partial charge on any atom is -0.371 e. The van der Waals surface area contributed by atoms with Crippen LogP contribution in [0.1, 0.15) is 19.8 Å². The SMILES string of the molecule is CC(=O)N1CCN(c2c(F)cc(N3CCCC3)cc2Br)CC1. The van der Waals surface area contributed by atoms with Gasteiger partial charge in [-0.15, -0.1) is 0 Å². The number of piperazine rings is 1. The van der Waals surface area contributed by atoms with Gasteiger partial charge < -0.3 is 14.7 Å². The molecular formula is C16H21BrFN3O. The molecule has 1 amide bonds. The highest BCUT2D eigenvalue weighted by atomic mass is 79.9. The Bertz CT molecular complexity index is 544. The van der Waals surface area contributed by atoms with E-state index in [2.05, 4.69) is 20.8 Å². The Kier molecular flexibility index (Phi) is 4.57. The number of anilines is 2. The van der Waals surface area contributed by atoms with Crippen LogP contribution in [0.5, 0.6) is 0 Å². The molecule has 4 nitrogen and oxygen atoms in total. The van der Waals surface area contributed by atoms with Crippen molar-refractivity contribution in [1.82, 2.24) is 4.90 Å². The molecular weight excluding hydrogens is 349 g/mol. The van der Waals surface area contributed by atoms with Gasteiger partial charge in [0.15, 0.2) is 0 Å². The summed E-state index contributed by atoms with van der Waals surface area (Å²) in [4.78, 5) is 17.4. The zero-order chi connectivity index (χ0) is 15.7. The Labute approximate surface area is 139 Å². The van der Waals surface area contributed by atoms with Gasteiger partial charge in [0, 0.05) is 56.4 Å². The van der Waals surface area contributed by atoms with E-state index in [-0.39, 0.29) is 11.7 Å². The van der Waals surface area contributed by atoms with Gasteiger partial charge in [-0.05, 0) is 40.9 Å². The summed E-state index contributed by atoms with van der Waals surface area (Å²) in [6.07, 6.45) is 2.35. The monoisotopic (exact) mass is 369 g/mol. The fourth-order valence-electron chi connectivity index (χ4n) is 3.26. The number of carbonyl (C=O) groups excluding carboxylic acids is 1. The predicted molar refractivity (Wildman–Crippen MR) is 90.0 cm³/mol. The van der Waals surface area contributed by atoms with Crippen molar-refractivity contribution in [2.75, 3.05) is 49.1 Å². The lowest BCUT2D eigenvalue weighted by atomic mass is 10.2. The van der Waals surface area contributed by atoms with Crippen LogP contribution in [-0.4, -0.2) is 50.1 Å². The summed E-state index contributed by atoms with van der Waals surface area (Å²) in [5.74, 6) is -0.101. The van der Waals surface area contributed by atoms with Crippen molar-refractivity contribution >= 4 is 33.2 Å². The number of carbonyl (C=O) groups is 1. The minimum absolute atomic E-state index is 0.0866. The molecule has 0 aromatic heterocycles. The molecule has 0 N–H and O–H groups in total. The summed E-state index contributed by atoms with van der Waals surface area (Å²) in [6, 6.07) is 3.66. The average Bonchev–Trinajstić information content (AvgIpc) is 3.01. The Balaban J connectivity index is 1.78. The lowest BCUT2D eigenvalue weighted by molar-refractivity contribution is -0.129. The number of halogens is 2. The van der Waals surface area contributed by atoms with Gasteiger partial charge in [0.25, 0.3) is 0 Å². The molecule has 120 valence electrons. The van der Waals surface area contributed by atoms with E-state index in [9.17, 15) is 9.18 Å². The van der Waals surface area contributed by atoms with E-state index < -0.39 is 0 Å². The molecule has 2 heterocycles. The standard InChI is InChI=1S/C16H21BrFN3O/c1-12(22)19-6-8-21(9-7-19)16-14(17)10-13(11-15(16)18)20-4-2-3-5-20/h10-11H,2-9H2,1H3. The summed E-state index contributed by atoms with van der Waals surface area (Å²) < 4.78 is 15.4. The van der Waals surface area contributed by atoms with Crippen LogP contribution < -0.4 is 9.80 Å². The number of amides is 1. The van der Waals surface area contributed by atoms with E-state index in [1.807, 2.05) is 11.0 Å². The van der Waals surface area contributed by atoms with E-state index in [1.54, 1.807) is 17.9 Å². The van der Waals surface area contributed by atoms with Crippen LogP contribution >= 0.6 is 15.9 Å². The molecule has 2 aliphatic rings. The maximum absolute atomic E-state index is 14.6. The van der Waals surface area contributed by atoms with Gasteiger partial charge in [0.1, 0.15) is 5.82 Å². The van der Waals surface area contributed by atoms with Crippen LogP contribution in [0.4, 0.5) is 15.8 Å². The minimum atomic E-state index is -0.187. The summed E-state index contributed by atoms with van der Waals surface area (Å²) in [6.45, 7) is 6.21. The molecule has 0 spiro atoms. The van der Waals surface area contributed by atoms with Gasteiger partial charge in [-0.2, -0.15) is 0 Å². The molecule has 1 aromatic rings. The van der Waals surface area contributed by atoms with Crippen LogP contribution in [0.15, 0.2) is 16.6 Å². The molecule has 1 aromatic carbocycles. The lowest BCUT2D eigenvalue weighted by Gasteiger charge is -2.36. The highest BCUT2D eigenvalue weighted by Gasteiger charge is 2.24. The van der Waals surface area contributed by atoms with Gasteiger partial charge in [-0.25, -0.2) is 4.39 Å². The molecule has 22 heavy (non-hydrogen) atoms. The highest BCUT2D eigenvalue weighted by Crippen LogP contribution is 2.35. The molecule has 0 atom stereocenters. The zero-order valence-electron chi connectivity index (χ0n) is 12.8. The second kappa shape index (κ2) is 6.44. The molecule has 0 saturated carbocycles. The summed E-state index contributed by atoms with van der Waals surface area (Å²) >= 11 is 3.54. The summed E-state index contributed by atoms with van der Waals surface area (Å²) in [5, 5.41) is 0. The summed E-state index contributed by atoms with van der Waals surface area (Å²) in [5.41, 5.74) is 1.57. The van der Waals surface area contributed by atoms with Gasteiger partial charge in [0.2, 0.25) is 5.91 Å². The topological polar surface area (TPSA) is 26.8 Å². The molecule has 2 saturated heterocycles. The molecule has 2 aliphatic heterocycles. The van der Waals surface area contributed by atoms with Crippen molar-refractivity contribution in [3.63, 3.8) is 0 Å². The lowest BCUT2D eigenvalue weighted by Crippen LogP contribution is -2.48. The van der Waals surface area contributed by atoms with Crippen LogP contribution in [0.3, 0.4) is 0 Å². The second-order valence-electron chi connectivity index (χ2n) is 5.95. The molecule has 6 heteroatoms. The number of hydrogen-bond donors (Lipinski definition) is 0. The normalized spacial score (nSPS) is 19.0. The first-order valence-corrected chi connectivity index (χ1v) is 8.60. The van der Waals surface area contributed by atoms with Crippen molar-refractivity contribution in [1.29, 1.82) is 0 Å². The quantitative estimate of drug-likeness (QED) is 0.801. The van der Waals surface area contributed by atoms with E-state index in [0.717, 1.165) is 23.2 Å². The molecule has 2 fully saturated rings. The van der Waals surface area contributed by atoms with Gasteiger partial charge in [-0.1, -0.05) is 0 Å². The maximum atomic E-state index is 14.6. The molecule has 0 aliphatic carbocycles. The van der Waals surface area contributed by atoms with Crippen molar-refractivity contribution < 1.29 is 9.18 Å². The first-order chi connectivity index (χ1) is 10.6. The molecule has 0 radical (unpaired) electrons. The van der Waals surface area contributed by atoms with Crippen molar-refractivity contribution in [3.8, 4) is 0 Å². The van der Waals surface area contributed by atoms with E-state index in [0.29, 0.717) is 31.9 Å². The third-order valence-corrected chi connectivity index (χ3v) is 5.12. The van der Waals surface area contributed by atoms with E-state index in [4.69, 9.17) is 0 Å². The third-order valence-electron chi connectivity index (χ3n) is 4.51. The fourth-order valence-corrected chi connectivity index (χ4v) is 3.93. The predicted octanol–water partition coefficient (Wildman–Crippen LogP) is 2.86. The maximum Gasteiger partial charge on any atom is 0.219 e. The Hall–Kier alpha value is -1.30.